The molecule has 0 saturated heterocycles. The standard InChI is InChI=1S/C9H6ClF2NO2/c10-3-6-7(8(11)12)13-9(15-6)5-1-2-14-4-5/h1-2,4,8H,3H2. The van der Waals surface area contributed by atoms with Gasteiger partial charge < -0.3 is 8.83 Å². The van der Waals surface area contributed by atoms with E-state index in [1.54, 1.807) is 6.07 Å². The zero-order valence-electron chi connectivity index (χ0n) is 7.41. The third-order valence-corrected chi connectivity index (χ3v) is 2.07. The SMILES string of the molecule is FC(F)c1nc(-c2ccoc2)oc1CCl. The lowest BCUT2D eigenvalue weighted by Gasteiger charge is -1.92. The average molecular weight is 234 g/mol. The van der Waals surface area contributed by atoms with Crippen LogP contribution in [0.15, 0.2) is 27.4 Å². The van der Waals surface area contributed by atoms with Crippen LogP contribution in [0.1, 0.15) is 17.9 Å². The molecule has 15 heavy (non-hydrogen) atoms. The summed E-state index contributed by atoms with van der Waals surface area (Å²) in [5.74, 6) is -0.0533. The molecule has 0 unspecified atom stereocenters. The maximum Gasteiger partial charge on any atom is 0.283 e. The number of nitrogens with zero attached hydrogens (tertiary/aromatic N) is 1. The van der Waals surface area contributed by atoms with Crippen LogP contribution in [0.5, 0.6) is 0 Å². The minimum Gasteiger partial charge on any atom is -0.472 e. The zero-order chi connectivity index (χ0) is 10.8. The molecule has 0 amide bonds. The highest BCUT2D eigenvalue weighted by atomic mass is 35.5. The molecule has 0 aromatic carbocycles. The fraction of sp³-hybridized carbons (Fsp3) is 0.222. The Kier molecular flexibility index (Phi) is 2.73. The predicted molar refractivity (Wildman–Crippen MR) is 48.7 cm³/mol. The molecule has 6 heteroatoms. The lowest BCUT2D eigenvalue weighted by molar-refractivity contribution is 0.144. The van der Waals surface area contributed by atoms with Gasteiger partial charge in [0.25, 0.3) is 6.43 Å². The molecule has 0 fully saturated rings. The minimum absolute atomic E-state index is 0.0112. The second-order valence-electron chi connectivity index (χ2n) is 2.77. The second kappa shape index (κ2) is 4.02. The average Bonchev–Trinajstić information content (AvgIpc) is 2.86. The molecular formula is C9H6ClF2NO2. The van der Waals surface area contributed by atoms with Crippen molar-refractivity contribution in [2.45, 2.75) is 12.3 Å². The second-order valence-corrected chi connectivity index (χ2v) is 3.04. The molecule has 0 radical (unpaired) electrons. The molecule has 2 rings (SSSR count). The summed E-state index contributed by atoms with van der Waals surface area (Å²) in [5.41, 5.74) is 0.0921. The third-order valence-electron chi connectivity index (χ3n) is 1.82. The van der Waals surface area contributed by atoms with Crippen molar-refractivity contribution in [3.8, 4) is 11.5 Å². The first-order valence-electron chi connectivity index (χ1n) is 4.08. The highest BCUT2D eigenvalue weighted by Crippen LogP contribution is 2.29. The molecule has 2 aromatic rings. The van der Waals surface area contributed by atoms with Gasteiger partial charge in [0.1, 0.15) is 17.7 Å². The highest BCUT2D eigenvalue weighted by molar-refractivity contribution is 6.16. The number of aromatic nitrogens is 1. The van der Waals surface area contributed by atoms with Gasteiger partial charge in [0, 0.05) is 0 Å². The molecular weight excluding hydrogens is 228 g/mol. The topological polar surface area (TPSA) is 39.2 Å². The molecule has 0 bridgehead atoms. The van der Waals surface area contributed by atoms with Crippen molar-refractivity contribution < 1.29 is 17.6 Å². The van der Waals surface area contributed by atoms with Crippen LogP contribution in [-0.4, -0.2) is 4.98 Å². The van der Waals surface area contributed by atoms with E-state index >= 15 is 0 Å². The van der Waals surface area contributed by atoms with Crippen molar-refractivity contribution in [1.82, 2.24) is 4.98 Å². The largest absolute Gasteiger partial charge is 0.472 e. The summed E-state index contributed by atoms with van der Waals surface area (Å²) in [5, 5.41) is 0. The number of furan rings is 1. The number of hydrogen-bond acceptors (Lipinski definition) is 3. The number of rotatable bonds is 3. The van der Waals surface area contributed by atoms with E-state index in [2.05, 4.69) is 4.98 Å². The van der Waals surface area contributed by atoms with E-state index in [9.17, 15) is 8.78 Å². The van der Waals surface area contributed by atoms with Crippen LogP contribution in [0.2, 0.25) is 0 Å². The van der Waals surface area contributed by atoms with Crippen molar-refractivity contribution in [2.75, 3.05) is 0 Å². The fourth-order valence-electron chi connectivity index (χ4n) is 1.14. The monoisotopic (exact) mass is 233 g/mol. The van der Waals surface area contributed by atoms with E-state index in [0.29, 0.717) is 5.56 Å². The lowest BCUT2D eigenvalue weighted by Crippen LogP contribution is -1.88. The number of alkyl halides is 3. The van der Waals surface area contributed by atoms with Crippen molar-refractivity contribution in [1.29, 1.82) is 0 Å². The molecule has 0 spiro atoms. The number of halogens is 3. The van der Waals surface area contributed by atoms with Crippen molar-refractivity contribution in [3.63, 3.8) is 0 Å². The van der Waals surface area contributed by atoms with Crippen LogP contribution in [0.3, 0.4) is 0 Å². The van der Waals surface area contributed by atoms with Crippen LogP contribution >= 0.6 is 11.6 Å². The van der Waals surface area contributed by atoms with Gasteiger partial charge in [-0.2, -0.15) is 0 Å². The molecule has 2 aromatic heterocycles. The van der Waals surface area contributed by atoms with Crippen molar-refractivity contribution in [3.05, 3.63) is 30.0 Å². The molecule has 3 nitrogen and oxygen atoms in total. The molecule has 0 atom stereocenters. The summed E-state index contributed by atoms with van der Waals surface area (Å²) in [7, 11) is 0. The maximum atomic E-state index is 12.5. The maximum absolute atomic E-state index is 12.5. The molecule has 0 aliphatic carbocycles. The third kappa shape index (κ3) is 1.87. The summed E-state index contributed by atoms with van der Waals surface area (Å²) < 4.78 is 34.8. The van der Waals surface area contributed by atoms with Crippen LogP contribution in [-0.2, 0) is 5.88 Å². The van der Waals surface area contributed by atoms with Crippen LogP contribution in [0.4, 0.5) is 8.78 Å². The Morgan fingerprint density at radius 2 is 2.27 bits per heavy atom. The van der Waals surface area contributed by atoms with E-state index < -0.39 is 12.1 Å². The molecule has 80 valence electrons. The van der Waals surface area contributed by atoms with Gasteiger partial charge in [0.2, 0.25) is 5.89 Å². The van der Waals surface area contributed by atoms with Gasteiger partial charge in [0.05, 0.1) is 17.7 Å². The summed E-state index contributed by atoms with van der Waals surface area (Å²) >= 11 is 5.46. The first-order valence-corrected chi connectivity index (χ1v) is 4.62. The first kappa shape index (κ1) is 10.2. The molecule has 0 N–H and O–H groups in total. The van der Waals surface area contributed by atoms with E-state index in [1.165, 1.54) is 12.5 Å². The first-order chi connectivity index (χ1) is 7.22. The Morgan fingerprint density at radius 1 is 1.47 bits per heavy atom. The fourth-order valence-corrected chi connectivity index (χ4v) is 1.33. The van der Waals surface area contributed by atoms with E-state index in [0.717, 1.165) is 0 Å². The Balaban J connectivity index is 2.43. The zero-order valence-corrected chi connectivity index (χ0v) is 8.17. The molecule has 0 aliphatic rings. The molecule has 2 heterocycles. The normalized spacial score (nSPS) is 11.2. The number of hydrogen-bond donors (Lipinski definition) is 0. The summed E-state index contributed by atoms with van der Waals surface area (Å²) in [6, 6.07) is 1.57. The lowest BCUT2D eigenvalue weighted by atomic mass is 10.3. The Morgan fingerprint density at radius 3 is 2.73 bits per heavy atom. The van der Waals surface area contributed by atoms with Gasteiger partial charge in [-0.25, -0.2) is 13.8 Å². The smallest absolute Gasteiger partial charge is 0.283 e. The Hall–Kier alpha value is -1.36. The van der Waals surface area contributed by atoms with E-state index in [1.807, 2.05) is 0 Å². The van der Waals surface area contributed by atoms with Gasteiger partial charge in [-0.3, -0.25) is 0 Å². The van der Waals surface area contributed by atoms with Crippen LogP contribution in [0, 0.1) is 0 Å². The summed E-state index contributed by atoms with van der Waals surface area (Å²) in [6.45, 7) is 0. The number of oxazole rings is 1. The Bertz CT molecular complexity index is 439. The van der Waals surface area contributed by atoms with E-state index in [-0.39, 0.29) is 17.5 Å². The Labute approximate surface area is 88.7 Å². The van der Waals surface area contributed by atoms with Gasteiger partial charge in [-0.05, 0) is 6.07 Å². The predicted octanol–water partition coefficient (Wildman–Crippen LogP) is 3.61. The van der Waals surface area contributed by atoms with Gasteiger partial charge >= 0.3 is 0 Å². The van der Waals surface area contributed by atoms with Crippen molar-refractivity contribution >= 4 is 11.6 Å². The van der Waals surface area contributed by atoms with Gasteiger partial charge in [0.15, 0.2) is 0 Å². The summed E-state index contributed by atoms with van der Waals surface area (Å²) in [4.78, 5) is 3.66. The summed E-state index contributed by atoms with van der Waals surface area (Å²) in [6.07, 6.45) is 0.0734. The highest BCUT2D eigenvalue weighted by Gasteiger charge is 2.21. The molecule has 0 saturated carbocycles. The van der Waals surface area contributed by atoms with Crippen molar-refractivity contribution in [2.24, 2.45) is 0 Å². The van der Waals surface area contributed by atoms with E-state index in [4.69, 9.17) is 20.4 Å². The van der Waals surface area contributed by atoms with Crippen LogP contribution in [0.25, 0.3) is 11.5 Å². The van der Waals surface area contributed by atoms with Gasteiger partial charge in [-0.15, -0.1) is 11.6 Å². The quantitative estimate of drug-likeness (QED) is 0.760. The minimum atomic E-state index is -2.69. The van der Waals surface area contributed by atoms with Gasteiger partial charge in [-0.1, -0.05) is 0 Å². The van der Waals surface area contributed by atoms with Crippen LogP contribution < -0.4 is 0 Å². The molecule has 0 aliphatic heterocycles.